The fraction of sp³-hybridized carbons (Fsp3) is 0.310. The highest BCUT2D eigenvalue weighted by Gasteiger charge is 2.17. The van der Waals surface area contributed by atoms with Crippen molar-refractivity contribution in [1.82, 2.24) is 0 Å². The third-order valence-corrected chi connectivity index (χ3v) is 5.50. The van der Waals surface area contributed by atoms with Gasteiger partial charge in [-0.3, -0.25) is 0 Å². The largest absolute Gasteiger partial charge is 0.507 e. The normalized spacial score (nSPS) is 11.5. The second kappa shape index (κ2) is 13.2. The Hall–Kier alpha value is -3.80. The summed E-state index contributed by atoms with van der Waals surface area (Å²) in [4.78, 5) is 25.0. The van der Waals surface area contributed by atoms with Crippen molar-refractivity contribution in [3.05, 3.63) is 89.5 Å². The molecule has 6 nitrogen and oxygen atoms in total. The number of rotatable bonds is 12. The molecule has 1 N–H and O–H groups in total. The van der Waals surface area contributed by atoms with E-state index in [1.54, 1.807) is 24.3 Å². The van der Waals surface area contributed by atoms with Gasteiger partial charge in [0.1, 0.15) is 29.4 Å². The first-order valence-electron chi connectivity index (χ1n) is 12.0. The topological polar surface area (TPSA) is 82.1 Å². The summed E-state index contributed by atoms with van der Waals surface area (Å²) < 4.78 is 16.6. The van der Waals surface area contributed by atoms with Gasteiger partial charge < -0.3 is 19.3 Å². The summed E-state index contributed by atoms with van der Waals surface area (Å²) in [5.74, 6) is -0.737. The Bertz CT molecular complexity index is 1090. The molecule has 6 heteroatoms. The van der Waals surface area contributed by atoms with Crippen LogP contribution in [-0.4, -0.2) is 23.1 Å². The molecule has 0 heterocycles. The summed E-state index contributed by atoms with van der Waals surface area (Å²) >= 11 is 0. The third-order valence-electron chi connectivity index (χ3n) is 5.50. The van der Waals surface area contributed by atoms with Crippen molar-refractivity contribution in [3.8, 4) is 17.2 Å². The van der Waals surface area contributed by atoms with Crippen LogP contribution in [0.25, 0.3) is 0 Å². The molecule has 0 saturated carbocycles. The Morgan fingerprint density at radius 3 is 2.29 bits per heavy atom. The van der Waals surface area contributed by atoms with Gasteiger partial charge in [0.15, 0.2) is 0 Å². The predicted octanol–water partition coefficient (Wildman–Crippen LogP) is 6.71. The third kappa shape index (κ3) is 8.18. The molecule has 1 atom stereocenters. The first-order valence-corrected chi connectivity index (χ1v) is 12.0. The van der Waals surface area contributed by atoms with Gasteiger partial charge in [-0.1, -0.05) is 56.5 Å². The number of carbonyl (C=O) groups is 2. The zero-order valence-electron chi connectivity index (χ0n) is 20.2. The molecule has 0 aliphatic heterocycles. The smallest absolute Gasteiger partial charge is 0.343 e. The lowest BCUT2D eigenvalue weighted by molar-refractivity contribution is 0.0467. The molecule has 0 aliphatic carbocycles. The Morgan fingerprint density at radius 1 is 0.857 bits per heavy atom. The minimum atomic E-state index is -0.713. The molecule has 0 aromatic heterocycles. The molecule has 0 radical (unpaired) electrons. The fourth-order valence-corrected chi connectivity index (χ4v) is 3.53. The molecule has 0 bridgehead atoms. The van der Waals surface area contributed by atoms with Crippen LogP contribution in [-0.2, 0) is 11.3 Å². The standard InChI is InChI=1S/C29H32O6/c1-3-4-5-7-10-21(2)34-24-15-13-23(14-16-24)28(31)35-25-17-18-27(30)26(19-25)29(32)33-20-22-11-8-6-9-12-22/h6,8-9,11-19,21,30H,3-5,7,10,20H2,1-2H3. The van der Waals surface area contributed by atoms with Gasteiger partial charge in [0.05, 0.1) is 11.7 Å². The number of unbranched alkanes of at least 4 members (excludes halogenated alkanes) is 3. The minimum absolute atomic E-state index is 0.0644. The van der Waals surface area contributed by atoms with Crippen LogP contribution in [0.3, 0.4) is 0 Å². The van der Waals surface area contributed by atoms with E-state index < -0.39 is 11.9 Å². The van der Waals surface area contributed by atoms with Gasteiger partial charge in [-0.25, -0.2) is 9.59 Å². The molecule has 3 aromatic rings. The lowest BCUT2D eigenvalue weighted by Gasteiger charge is -2.15. The van der Waals surface area contributed by atoms with E-state index in [9.17, 15) is 14.7 Å². The number of esters is 2. The number of phenolic OH excluding ortho intramolecular Hbond substituents is 1. The summed E-state index contributed by atoms with van der Waals surface area (Å²) in [6, 6.07) is 20.0. The fourth-order valence-electron chi connectivity index (χ4n) is 3.53. The van der Waals surface area contributed by atoms with Crippen LogP contribution in [0.4, 0.5) is 0 Å². The van der Waals surface area contributed by atoms with Gasteiger partial charge in [0.2, 0.25) is 0 Å². The van der Waals surface area contributed by atoms with Gasteiger partial charge >= 0.3 is 11.9 Å². The second-order valence-corrected chi connectivity index (χ2v) is 8.43. The maximum atomic E-state index is 12.6. The van der Waals surface area contributed by atoms with Crippen molar-refractivity contribution < 1.29 is 28.9 Å². The van der Waals surface area contributed by atoms with Crippen molar-refractivity contribution >= 4 is 11.9 Å². The molecule has 3 aromatic carbocycles. The lowest BCUT2D eigenvalue weighted by Crippen LogP contribution is -2.12. The molecule has 0 amide bonds. The number of carbonyl (C=O) groups excluding carboxylic acids is 2. The molecule has 1 unspecified atom stereocenters. The quantitative estimate of drug-likeness (QED) is 0.178. The van der Waals surface area contributed by atoms with Gasteiger partial charge in [0, 0.05) is 0 Å². The zero-order chi connectivity index (χ0) is 25.0. The SMILES string of the molecule is CCCCCCC(C)Oc1ccc(C(=O)Oc2ccc(O)c(C(=O)OCc3ccccc3)c2)cc1. The van der Waals surface area contributed by atoms with Gasteiger partial charge in [0.25, 0.3) is 0 Å². The Kier molecular flexibility index (Phi) is 9.72. The van der Waals surface area contributed by atoms with Crippen LogP contribution < -0.4 is 9.47 Å². The summed E-state index contributed by atoms with van der Waals surface area (Å²) in [6.45, 7) is 4.30. The van der Waals surface area contributed by atoms with E-state index in [4.69, 9.17) is 14.2 Å². The molecule has 0 spiro atoms. The van der Waals surface area contributed by atoms with Gasteiger partial charge in [-0.05, 0) is 67.8 Å². The van der Waals surface area contributed by atoms with Crippen LogP contribution in [0.1, 0.15) is 72.2 Å². The Labute approximate surface area is 206 Å². The van der Waals surface area contributed by atoms with Crippen LogP contribution in [0.5, 0.6) is 17.2 Å². The van der Waals surface area contributed by atoms with E-state index in [1.807, 2.05) is 37.3 Å². The van der Waals surface area contributed by atoms with E-state index in [1.165, 1.54) is 37.5 Å². The second-order valence-electron chi connectivity index (χ2n) is 8.43. The summed E-state index contributed by atoms with van der Waals surface area (Å²) in [6.07, 6.45) is 5.87. The van der Waals surface area contributed by atoms with Crippen molar-refractivity contribution in [1.29, 1.82) is 0 Å². The zero-order valence-corrected chi connectivity index (χ0v) is 20.2. The molecule has 184 valence electrons. The Morgan fingerprint density at radius 2 is 1.57 bits per heavy atom. The number of ether oxygens (including phenoxy) is 3. The van der Waals surface area contributed by atoms with E-state index >= 15 is 0 Å². The summed E-state index contributed by atoms with van der Waals surface area (Å²) in [7, 11) is 0. The maximum Gasteiger partial charge on any atom is 0.343 e. The monoisotopic (exact) mass is 476 g/mol. The van der Waals surface area contributed by atoms with E-state index in [2.05, 4.69) is 6.92 Å². The highest BCUT2D eigenvalue weighted by Crippen LogP contribution is 2.25. The van der Waals surface area contributed by atoms with Crippen molar-refractivity contribution in [2.75, 3.05) is 0 Å². The predicted molar refractivity (Wildman–Crippen MR) is 134 cm³/mol. The molecule has 35 heavy (non-hydrogen) atoms. The minimum Gasteiger partial charge on any atom is -0.507 e. The number of hydrogen-bond donors (Lipinski definition) is 1. The van der Waals surface area contributed by atoms with E-state index in [0.717, 1.165) is 18.4 Å². The van der Waals surface area contributed by atoms with E-state index in [-0.39, 0.29) is 29.8 Å². The Balaban J connectivity index is 1.56. The number of aromatic hydroxyl groups is 1. The van der Waals surface area contributed by atoms with Crippen LogP contribution in [0.15, 0.2) is 72.8 Å². The van der Waals surface area contributed by atoms with Crippen molar-refractivity contribution in [2.24, 2.45) is 0 Å². The molecular formula is C29H32O6. The van der Waals surface area contributed by atoms with Gasteiger partial charge in [-0.15, -0.1) is 0 Å². The molecule has 0 aliphatic rings. The average molecular weight is 477 g/mol. The number of hydrogen-bond acceptors (Lipinski definition) is 6. The van der Waals surface area contributed by atoms with E-state index in [0.29, 0.717) is 11.3 Å². The first-order chi connectivity index (χ1) is 17.0. The molecule has 0 saturated heterocycles. The maximum absolute atomic E-state index is 12.6. The molecule has 3 rings (SSSR count). The molecular weight excluding hydrogens is 444 g/mol. The summed E-state index contributed by atoms with van der Waals surface area (Å²) in [5.41, 5.74) is 1.08. The summed E-state index contributed by atoms with van der Waals surface area (Å²) in [5, 5.41) is 10.1. The van der Waals surface area contributed by atoms with Crippen LogP contribution in [0.2, 0.25) is 0 Å². The van der Waals surface area contributed by atoms with Crippen LogP contribution >= 0.6 is 0 Å². The average Bonchev–Trinajstić information content (AvgIpc) is 2.87. The lowest BCUT2D eigenvalue weighted by atomic mass is 10.1. The van der Waals surface area contributed by atoms with Crippen molar-refractivity contribution in [3.63, 3.8) is 0 Å². The number of phenols is 1. The van der Waals surface area contributed by atoms with Crippen molar-refractivity contribution in [2.45, 2.75) is 58.7 Å². The molecule has 0 fully saturated rings. The highest BCUT2D eigenvalue weighted by atomic mass is 16.5. The highest BCUT2D eigenvalue weighted by molar-refractivity contribution is 5.94. The number of benzene rings is 3. The van der Waals surface area contributed by atoms with Gasteiger partial charge in [-0.2, -0.15) is 0 Å². The van der Waals surface area contributed by atoms with Crippen LogP contribution in [0, 0.1) is 0 Å². The first kappa shape index (κ1) is 25.8.